The molecule has 3 aromatic carbocycles. The first-order valence-electron chi connectivity index (χ1n) is 8.21. The van der Waals surface area contributed by atoms with E-state index in [1.54, 1.807) is 7.11 Å². The summed E-state index contributed by atoms with van der Waals surface area (Å²) < 4.78 is 10.3. The highest BCUT2D eigenvalue weighted by Crippen LogP contribution is 2.40. The molecule has 4 heteroatoms. The molecule has 0 N–H and O–H groups in total. The summed E-state index contributed by atoms with van der Waals surface area (Å²) in [5, 5.41) is 2.31. The Morgan fingerprint density at radius 1 is 1.00 bits per heavy atom. The van der Waals surface area contributed by atoms with Crippen molar-refractivity contribution in [3.63, 3.8) is 0 Å². The van der Waals surface area contributed by atoms with Crippen molar-refractivity contribution in [2.24, 2.45) is 0 Å². The van der Waals surface area contributed by atoms with Crippen molar-refractivity contribution in [3.05, 3.63) is 71.8 Å². The molecule has 1 heterocycles. The standard InChI is InChI=1S/C21H19NO3/c1-24-18-9-7-17(8-10-18)22-13-16-11-14-5-3-4-6-15(14)12-19(16)20(22)21(23)25-2/h3-12,20H,13H2,1-2H3. The van der Waals surface area contributed by atoms with Crippen LogP contribution in [0.3, 0.4) is 0 Å². The number of esters is 1. The third kappa shape index (κ3) is 2.60. The number of carbonyl (C=O) groups excluding carboxylic acids is 1. The maximum absolute atomic E-state index is 12.5. The third-order valence-electron chi connectivity index (χ3n) is 4.78. The molecule has 1 aliphatic rings. The Labute approximate surface area is 146 Å². The van der Waals surface area contributed by atoms with Gasteiger partial charge >= 0.3 is 5.97 Å². The molecule has 0 fully saturated rings. The minimum absolute atomic E-state index is 0.246. The number of nitrogens with zero attached hydrogens (tertiary/aromatic N) is 1. The second-order valence-corrected chi connectivity index (χ2v) is 6.15. The molecule has 4 nitrogen and oxygen atoms in total. The Hall–Kier alpha value is -3.01. The normalized spacial score (nSPS) is 15.9. The smallest absolute Gasteiger partial charge is 0.333 e. The molecule has 0 radical (unpaired) electrons. The zero-order chi connectivity index (χ0) is 17.4. The van der Waals surface area contributed by atoms with Gasteiger partial charge in [0.25, 0.3) is 0 Å². The molecule has 4 rings (SSSR count). The summed E-state index contributed by atoms with van der Waals surface area (Å²) in [6.45, 7) is 0.673. The largest absolute Gasteiger partial charge is 0.497 e. The van der Waals surface area contributed by atoms with Gasteiger partial charge in [-0.2, -0.15) is 0 Å². The lowest BCUT2D eigenvalue weighted by Crippen LogP contribution is -2.29. The van der Waals surface area contributed by atoms with E-state index in [0.717, 1.165) is 28.0 Å². The summed E-state index contributed by atoms with van der Waals surface area (Å²) in [5.74, 6) is 0.547. The highest BCUT2D eigenvalue weighted by molar-refractivity contribution is 5.90. The van der Waals surface area contributed by atoms with Crippen molar-refractivity contribution >= 4 is 22.4 Å². The summed E-state index contributed by atoms with van der Waals surface area (Å²) >= 11 is 0. The van der Waals surface area contributed by atoms with Gasteiger partial charge in [0.05, 0.1) is 14.2 Å². The molecule has 1 atom stereocenters. The van der Waals surface area contributed by atoms with Crippen molar-refractivity contribution in [1.29, 1.82) is 0 Å². The molecule has 1 unspecified atom stereocenters. The van der Waals surface area contributed by atoms with E-state index in [4.69, 9.17) is 9.47 Å². The monoisotopic (exact) mass is 333 g/mol. The van der Waals surface area contributed by atoms with Crippen LogP contribution in [-0.2, 0) is 16.1 Å². The minimum Gasteiger partial charge on any atom is -0.497 e. The van der Waals surface area contributed by atoms with Gasteiger partial charge in [0.15, 0.2) is 6.04 Å². The Morgan fingerprint density at radius 2 is 1.68 bits per heavy atom. The fraction of sp³-hybridized carbons (Fsp3) is 0.190. The zero-order valence-corrected chi connectivity index (χ0v) is 14.2. The van der Waals surface area contributed by atoms with Crippen LogP contribution < -0.4 is 9.64 Å². The number of anilines is 1. The highest BCUT2D eigenvalue weighted by Gasteiger charge is 2.36. The lowest BCUT2D eigenvalue weighted by Gasteiger charge is -2.25. The van der Waals surface area contributed by atoms with Gasteiger partial charge < -0.3 is 14.4 Å². The van der Waals surface area contributed by atoms with Gasteiger partial charge in [-0.3, -0.25) is 0 Å². The number of methoxy groups -OCH3 is 2. The fourth-order valence-corrected chi connectivity index (χ4v) is 3.52. The molecule has 0 aromatic heterocycles. The highest BCUT2D eigenvalue weighted by atomic mass is 16.5. The first-order chi connectivity index (χ1) is 12.2. The second-order valence-electron chi connectivity index (χ2n) is 6.15. The molecule has 0 saturated heterocycles. The lowest BCUT2D eigenvalue weighted by molar-refractivity contribution is -0.142. The Bertz CT molecular complexity index is 934. The average molecular weight is 333 g/mol. The van der Waals surface area contributed by atoms with Crippen molar-refractivity contribution in [2.75, 3.05) is 19.1 Å². The molecule has 0 spiro atoms. The van der Waals surface area contributed by atoms with Crippen LogP contribution in [0.4, 0.5) is 5.69 Å². The van der Waals surface area contributed by atoms with E-state index in [9.17, 15) is 4.79 Å². The van der Waals surface area contributed by atoms with Gasteiger partial charge in [-0.05, 0) is 58.3 Å². The number of fused-ring (bicyclic) bond motifs is 2. The van der Waals surface area contributed by atoms with Crippen molar-refractivity contribution < 1.29 is 14.3 Å². The average Bonchev–Trinajstić information content (AvgIpc) is 3.03. The van der Waals surface area contributed by atoms with Gasteiger partial charge in [-0.1, -0.05) is 24.3 Å². The fourth-order valence-electron chi connectivity index (χ4n) is 3.52. The quantitative estimate of drug-likeness (QED) is 0.677. The van der Waals surface area contributed by atoms with Gasteiger partial charge in [-0.25, -0.2) is 4.79 Å². The van der Waals surface area contributed by atoms with E-state index in [-0.39, 0.29) is 5.97 Å². The van der Waals surface area contributed by atoms with Crippen LogP contribution in [-0.4, -0.2) is 20.2 Å². The van der Waals surface area contributed by atoms with Gasteiger partial charge in [0.1, 0.15) is 5.75 Å². The molecular formula is C21H19NO3. The molecule has 3 aromatic rings. The summed E-state index contributed by atoms with van der Waals surface area (Å²) in [7, 11) is 3.08. The molecule has 0 bridgehead atoms. The number of hydrogen-bond acceptors (Lipinski definition) is 4. The zero-order valence-electron chi connectivity index (χ0n) is 14.2. The van der Waals surface area contributed by atoms with Crippen LogP contribution in [0, 0.1) is 0 Å². The van der Waals surface area contributed by atoms with Gasteiger partial charge in [0, 0.05) is 12.2 Å². The summed E-state index contributed by atoms with van der Waals surface area (Å²) in [5.41, 5.74) is 3.14. The Morgan fingerprint density at radius 3 is 2.32 bits per heavy atom. The number of ether oxygens (including phenoxy) is 2. The van der Waals surface area contributed by atoms with Crippen LogP contribution in [0.5, 0.6) is 5.75 Å². The summed E-state index contributed by atoms with van der Waals surface area (Å²) in [6.07, 6.45) is 0. The van der Waals surface area contributed by atoms with Crippen LogP contribution in [0.1, 0.15) is 17.2 Å². The molecule has 0 aliphatic carbocycles. The van der Waals surface area contributed by atoms with E-state index in [2.05, 4.69) is 29.2 Å². The number of benzene rings is 3. The van der Waals surface area contributed by atoms with Gasteiger partial charge in [0.2, 0.25) is 0 Å². The van der Waals surface area contributed by atoms with Crippen LogP contribution in [0.2, 0.25) is 0 Å². The maximum atomic E-state index is 12.5. The van der Waals surface area contributed by atoms with Crippen LogP contribution in [0.25, 0.3) is 10.8 Å². The van der Waals surface area contributed by atoms with Gasteiger partial charge in [-0.15, -0.1) is 0 Å². The lowest BCUT2D eigenvalue weighted by atomic mass is 9.99. The first kappa shape index (κ1) is 15.5. The van der Waals surface area contributed by atoms with Crippen molar-refractivity contribution in [3.8, 4) is 5.75 Å². The van der Waals surface area contributed by atoms with E-state index in [1.165, 1.54) is 12.5 Å². The molecule has 126 valence electrons. The predicted octanol–water partition coefficient (Wildman–Crippen LogP) is 4.08. The third-order valence-corrected chi connectivity index (χ3v) is 4.78. The number of hydrogen-bond donors (Lipinski definition) is 0. The predicted molar refractivity (Wildman–Crippen MR) is 97.9 cm³/mol. The number of rotatable bonds is 3. The molecule has 25 heavy (non-hydrogen) atoms. The van der Waals surface area contributed by atoms with E-state index >= 15 is 0 Å². The molecule has 0 amide bonds. The Balaban J connectivity index is 1.81. The van der Waals surface area contributed by atoms with Crippen molar-refractivity contribution in [1.82, 2.24) is 0 Å². The number of carbonyl (C=O) groups is 1. The van der Waals surface area contributed by atoms with E-state index < -0.39 is 6.04 Å². The van der Waals surface area contributed by atoms with Crippen LogP contribution in [0.15, 0.2) is 60.7 Å². The maximum Gasteiger partial charge on any atom is 0.333 e. The first-order valence-corrected chi connectivity index (χ1v) is 8.21. The topological polar surface area (TPSA) is 38.8 Å². The Kier molecular flexibility index (Phi) is 3.80. The van der Waals surface area contributed by atoms with E-state index in [1.807, 2.05) is 36.4 Å². The summed E-state index contributed by atoms with van der Waals surface area (Å²) in [6, 6.07) is 19.8. The molecule has 1 aliphatic heterocycles. The molecular weight excluding hydrogens is 314 g/mol. The van der Waals surface area contributed by atoms with Crippen molar-refractivity contribution in [2.45, 2.75) is 12.6 Å². The summed E-state index contributed by atoms with van der Waals surface area (Å²) in [4.78, 5) is 14.6. The van der Waals surface area contributed by atoms with Crippen LogP contribution >= 0.6 is 0 Å². The van der Waals surface area contributed by atoms with E-state index in [0.29, 0.717) is 6.54 Å². The molecule has 0 saturated carbocycles. The SMILES string of the molecule is COC(=O)C1c2cc3ccccc3cc2CN1c1ccc(OC)cc1. The second kappa shape index (κ2) is 6.13. The minimum atomic E-state index is -0.432.